The molecule has 0 radical (unpaired) electrons. The maximum absolute atomic E-state index is 12.9. The number of alkyl carbamates (subject to hydrolysis) is 1. The number of nitrogens with zero attached hydrogens (tertiary/aromatic N) is 2. The highest BCUT2D eigenvalue weighted by atomic mass is 35.5. The number of aryl methyl sites for hydroxylation is 1. The van der Waals surface area contributed by atoms with Gasteiger partial charge in [-0.25, -0.2) is 14.3 Å². The molecule has 3 N–H and O–H groups in total. The second-order valence-electron chi connectivity index (χ2n) is 8.89. The average Bonchev–Trinajstić information content (AvgIpc) is 2.94. The van der Waals surface area contributed by atoms with Crippen molar-refractivity contribution in [2.45, 2.75) is 45.6 Å². The molecule has 1 aromatic heterocycles. The number of hydrogen-bond acceptors (Lipinski definition) is 10. The van der Waals surface area contributed by atoms with E-state index in [0.717, 1.165) is 4.68 Å². The van der Waals surface area contributed by atoms with E-state index in [-0.39, 0.29) is 35.9 Å². The molecule has 1 aliphatic carbocycles. The monoisotopic (exact) mass is 591 g/mol. The molecule has 1 heterocycles. The van der Waals surface area contributed by atoms with Gasteiger partial charge in [0.25, 0.3) is 11.5 Å². The third kappa shape index (κ3) is 10.0. The molecule has 41 heavy (non-hydrogen) atoms. The maximum atomic E-state index is 12.9. The average molecular weight is 592 g/mol. The van der Waals surface area contributed by atoms with E-state index in [0.29, 0.717) is 49.1 Å². The Balaban J connectivity index is 0.000000883. The number of methoxy groups -OCH3 is 1. The lowest BCUT2D eigenvalue weighted by Gasteiger charge is -2.27. The first kappa shape index (κ1) is 32.9. The molecular weight excluding hydrogens is 558 g/mol. The summed E-state index contributed by atoms with van der Waals surface area (Å²) in [4.78, 5) is 58.3. The molecule has 0 bridgehead atoms. The maximum Gasteiger partial charge on any atom is 0.412 e. The molecule has 0 atom stereocenters. The number of halogens is 1. The van der Waals surface area contributed by atoms with Gasteiger partial charge in [0.2, 0.25) is 0 Å². The lowest BCUT2D eigenvalue weighted by Crippen LogP contribution is -2.41. The highest BCUT2D eigenvalue weighted by molar-refractivity contribution is 6.61. The summed E-state index contributed by atoms with van der Waals surface area (Å²) in [5.74, 6) is -1.01. The molecule has 2 amide bonds. The number of esters is 1. The first-order valence-corrected chi connectivity index (χ1v) is 13.3. The molecule has 0 spiro atoms. The number of carbonyl (C=O) groups excluding carboxylic acids is 4. The van der Waals surface area contributed by atoms with Gasteiger partial charge in [-0.2, -0.15) is 5.10 Å². The molecule has 13 nitrogen and oxygen atoms in total. The highest BCUT2D eigenvalue weighted by Crippen LogP contribution is 2.25. The summed E-state index contributed by atoms with van der Waals surface area (Å²) in [6.45, 7) is 3.91. The van der Waals surface area contributed by atoms with Crippen molar-refractivity contribution in [3.63, 3.8) is 0 Å². The standard InChI is InChI=1S/C24H29N5O6.C3H5ClO2/c1-4-35-24(33)27-20(25)15-7-5-14(6-8-15)19-13-18(22(31)29(2)28-19)21(30)26-17-11-9-16(10-12-17)23(32)34-3;1-2-6-3(4)5/h5-8,13,16-17H,4,9-12H2,1-3H3,(H,26,30)(H2,25,27,33);2H2,1H3. The zero-order chi connectivity index (χ0) is 30.5. The lowest BCUT2D eigenvalue weighted by molar-refractivity contribution is -0.146. The van der Waals surface area contributed by atoms with Crippen LogP contribution < -0.4 is 16.2 Å². The fraction of sp³-hybridized carbons (Fsp3) is 0.444. The van der Waals surface area contributed by atoms with E-state index in [1.54, 1.807) is 38.1 Å². The second kappa shape index (κ2) is 16.1. The van der Waals surface area contributed by atoms with Crippen molar-refractivity contribution in [3.8, 4) is 11.3 Å². The van der Waals surface area contributed by atoms with Crippen molar-refractivity contribution >= 4 is 40.8 Å². The Hall–Kier alpha value is -4.26. The van der Waals surface area contributed by atoms with Crippen molar-refractivity contribution in [1.29, 1.82) is 5.41 Å². The van der Waals surface area contributed by atoms with Crippen LogP contribution in [-0.4, -0.2) is 65.4 Å². The largest absolute Gasteiger partial charge is 0.469 e. The SMILES string of the molecule is CCOC(=O)Cl.CCOC(=O)NC(=N)c1ccc(-c2cc(C(=O)NC3CCC(C(=O)OC)CC3)c(=O)n(C)n2)cc1. The first-order chi connectivity index (χ1) is 19.5. The number of amidine groups is 1. The quantitative estimate of drug-likeness (QED) is 0.143. The minimum Gasteiger partial charge on any atom is -0.469 e. The molecular formula is C27H34ClN5O8. The van der Waals surface area contributed by atoms with Gasteiger partial charge < -0.3 is 19.5 Å². The Morgan fingerprint density at radius 1 is 1.05 bits per heavy atom. The Kier molecular flexibility index (Phi) is 12.9. The number of benzene rings is 1. The zero-order valence-electron chi connectivity index (χ0n) is 23.3. The van der Waals surface area contributed by atoms with Crippen molar-refractivity contribution in [3.05, 3.63) is 51.8 Å². The van der Waals surface area contributed by atoms with Gasteiger partial charge in [-0.15, -0.1) is 0 Å². The topological polar surface area (TPSA) is 179 Å². The van der Waals surface area contributed by atoms with E-state index in [2.05, 4.69) is 20.5 Å². The van der Waals surface area contributed by atoms with E-state index in [9.17, 15) is 24.0 Å². The van der Waals surface area contributed by atoms with E-state index >= 15 is 0 Å². The van der Waals surface area contributed by atoms with Crippen LogP contribution in [0.25, 0.3) is 11.3 Å². The van der Waals surface area contributed by atoms with Crippen LogP contribution in [0.15, 0.2) is 35.1 Å². The summed E-state index contributed by atoms with van der Waals surface area (Å²) in [5.41, 5.74) is 0.188. The van der Waals surface area contributed by atoms with Crippen LogP contribution >= 0.6 is 11.6 Å². The summed E-state index contributed by atoms with van der Waals surface area (Å²) in [6.07, 6.45) is 1.76. The van der Waals surface area contributed by atoms with Crippen LogP contribution in [0.2, 0.25) is 0 Å². The van der Waals surface area contributed by atoms with Gasteiger partial charge in [0.1, 0.15) is 11.4 Å². The Bertz CT molecular complexity index is 1300. The molecule has 222 valence electrons. The first-order valence-electron chi connectivity index (χ1n) is 12.9. The summed E-state index contributed by atoms with van der Waals surface area (Å²) in [7, 11) is 2.84. The van der Waals surface area contributed by atoms with Gasteiger partial charge in [0, 0.05) is 35.8 Å². The Morgan fingerprint density at radius 3 is 2.17 bits per heavy atom. The number of carbonyl (C=O) groups is 4. The number of nitrogens with one attached hydrogen (secondary N) is 3. The molecule has 1 aliphatic rings. The van der Waals surface area contributed by atoms with Crippen molar-refractivity contribution in [2.75, 3.05) is 20.3 Å². The van der Waals surface area contributed by atoms with Gasteiger partial charge in [0.05, 0.1) is 31.9 Å². The van der Waals surface area contributed by atoms with E-state index < -0.39 is 23.0 Å². The molecule has 2 aromatic rings. The minimum absolute atomic E-state index is 0.0339. The molecule has 1 fully saturated rings. The molecule has 3 rings (SSSR count). The van der Waals surface area contributed by atoms with Crippen LogP contribution in [0.1, 0.15) is 55.5 Å². The molecule has 0 aliphatic heterocycles. The Labute approximate surface area is 242 Å². The van der Waals surface area contributed by atoms with Gasteiger partial charge >= 0.3 is 17.5 Å². The van der Waals surface area contributed by atoms with Crippen LogP contribution in [0.5, 0.6) is 0 Å². The van der Waals surface area contributed by atoms with E-state index in [4.69, 9.17) is 26.5 Å². The predicted molar refractivity (Wildman–Crippen MR) is 150 cm³/mol. The van der Waals surface area contributed by atoms with E-state index in [1.807, 2.05) is 0 Å². The summed E-state index contributed by atoms with van der Waals surface area (Å²) < 4.78 is 14.8. The fourth-order valence-electron chi connectivity index (χ4n) is 4.08. The van der Waals surface area contributed by atoms with E-state index in [1.165, 1.54) is 20.2 Å². The molecule has 0 saturated heterocycles. The number of ether oxygens (including phenoxy) is 3. The fourth-order valence-corrected chi connectivity index (χ4v) is 4.19. The number of rotatable bonds is 7. The lowest BCUT2D eigenvalue weighted by atomic mass is 9.86. The summed E-state index contributed by atoms with van der Waals surface area (Å²) in [5, 5.41) is 17.5. The smallest absolute Gasteiger partial charge is 0.412 e. The molecule has 1 aromatic carbocycles. The minimum atomic E-state index is -0.738. The van der Waals surface area contributed by atoms with Gasteiger partial charge in [0.15, 0.2) is 0 Å². The van der Waals surface area contributed by atoms with Crippen LogP contribution in [-0.2, 0) is 26.1 Å². The highest BCUT2D eigenvalue weighted by Gasteiger charge is 2.28. The van der Waals surface area contributed by atoms with Crippen molar-refractivity contribution in [2.24, 2.45) is 13.0 Å². The van der Waals surface area contributed by atoms with Crippen LogP contribution in [0, 0.1) is 11.3 Å². The van der Waals surface area contributed by atoms with Crippen LogP contribution in [0.4, 0.5) is 9.59 Å². The Morgan fingerprint density at radius 2 is 1.66 bits per heavy atom. The molecule has 14 heteroatoms. The summed E-state index contributed by atoms with van der Waals surface area (Å²) >= 11 is 4.72. The van der Waals surface area contributed by atoms with Gasteiger partial charge in [-0.05, 0) is 45.6 Å². The molecule has 0 unspecified atom stereocenters. The zero-order valence-corrected chi connectivity index (χ0v) is 24.1. The van der Waals surface area contributed by atoms with Gasteiger partial charge in [-0.3, -0.25) is 25.1 Å². The van der Waals surface area contributed by atoms with Crippen LogP contribution in [0.3, 0.4) is 0 Å². The normalized spacial score (nSPS) is 15.8. The van der Waals surface area contributed by atoms with Crippen molar-refractivity contribution < 1.29 is 33.4 Å². The number of hydrogen-bond donors (Lipinski definition) is 3. The number of amides is 2. The van der Waals surface area contributed by atoms with Crippen molar-refractivity contribution in [1.82, 2.24) is 20.4 Å². The summed E-state index contributed by atoms with van der Waals surface area (Å²) in [6, 6.07) is 7.90. The third-order valence-corrected chi connectivity index (χ3v) is 6.24. The predicted octanol–water partition coefficient (Wildman–Crippen LogP) is 3.36. The number of aromatic nitrogens is 2. The third-order valence-electron chi connectivity index (χ3n) is 6.13. The van der Waals surface area contributed by atoms with Gasteiger partial charge in [-0.1, -0.05) is 24.3 Å². The second-order valence-corrected chi connectivity index (χ2v) is 9.19. The molecule has 1 saturated carbocycles.